The van der Waals surface area contributed by atoms with Gasteiger partial charge in [-0.05, 0) is 37.5 Å². The van der Waals surface area contributed by atoms with Crippen molar-refractivity contribution in [3.05, 3.63) is 23.8 Å². The summed E-state index contributed by atoms with van der Waals surface area (Å²) in [7, 11) is 0. The fourth-order valence-corrected chi connectivity index (χ4v) is 4.78. The number of anilines is 1. The molecule has 1 aromatic heterocycles. The molecule has 4 rings (SSSR count). The summed E-state index contributed by atoms with van der Waals surface area (Å²) in [5, 5.41) is 4.33. The Morgan fingerprint density at radius 1 is 1.21 bits per heavy atom. The highest BCUT2D eigenvalue weighted by Crippen LogP contribution is 2.33. The number of nitrogens with one attached hydrogen (secondary N) is 1. The van der Waals surface area contributed by atoms with Crippen LogP contribution in [0.5, 0.6) is 0 Å². The first kappa shape index (κ1) is 15.9. The lowest BCUT2D eigenvalue weighted by molar-refractivity contribution is -0.126. The zero-order valence-electron chi connectivity index (χ0n) is 14.3. The summed E-state index contributed by atoms with van der Waals surface area (Å²) in [5.74, 6) is 0.372. The summed E-state index contributed by atoms with van der Waals surface area (Å²) in [6.07, 6.45) is 7.46. The van der Waals surface area contributed by atoms with E-state index in [4.69, 9.17) is 4.98 Å². The molecular formula is C19H25N3OS. The molecule has 2 aliphatic rings. The number of amides is 1. The summed E-state index contributed by atoms with van der Waals surface area (Å²) in [6, 6.07) is 6.78. The molecule has 1 aliphatic carbocycles. The van der Waals surface area contributed by atoms with E-state index in [1.165, 1.54) is 35.9 Å². The van der Waals surface area contributed by atoms with Crippen LogP contribution in [0.2, 0.25) is 0 Å². The van der Waals surface area contributed by atoms with Gasteiger partial charge in [-0.3, -0.25) is 4.79 Å². The quantitative estimate of drug-likeness (QED) is 0.860. The van der Waals surface area contributed by atoms with E-state index in [1.807, 2.05) is 0 Å². The first-order valence-corrected chi connectivity index (χ1v) is 9.93. The standard InChI is InChI=1S/C19H25N3OS/c1-13-8-9-16-17(10-13)24-19(21-16)22-11-14(12-22)18(23)20-15-6-4-2-3-5-7-15/h8-10,14-15H,2-7,11-12H2,1H3,(H,20,23). The smallest absolute Gasteiger partial charge is 0.226 e. The lowest BCUT2D eigenvalue weighted by Gasteiger charge is -2.38. The van der Waals surface area contributed by atoms with Crippen molar-refractivity contribution in [2.24, 2.45) is 5.92 Å². The number of aryl methyl sites for hydroxylation is 1. The molecule has 0 bridgehead atoms. The van der Waals surface area contributed by atoms with Gasteiger partial charge in [0.25, 0.3) is 0 Å². The van der Waals surface area contributed by atoms with Crippen molar-refractivity contribution < 1.29 is 4.79 Å². The molecule has 0 spiro atoms. The van der Waals surface area contributed by atoms with Crippen LogP contribution >= 0.6 is 11.3 Å². The van der Waals surface area contributed by atoms with Crippen molar-refractivity contribution in [3.63, 3.8) is 0 Å². The number of thiazole rings is 1. The maximum absolute atomic E-state index is 12.4. The molecule has 1 aliphatic heterocycles. The van der Waals surface area contributed by atoms with E-state index in [0.29, 0.717) is 6.04 Å². The van der Waals surface area contributed by atoms with E-state index in [0.717, 1.165) is 36.6 Å². The number of aromatic nitrogens is 1. The first-order valence-electron chi connectivity index (χ1n) is 9.11. The number of carbonyl (C=O) groups is 1. The van der Waals surface area contributed by atoms with E-state index in [1.54, 1.807) is 11.3 Å². The second kappa shape index (κ2) is 6.71. The van der Waals surface area contributed by atoms with Crippen LogP contribution in [-0.4, -0.2) is 30.0 Å². The third kappa shape index (κ3) is 3.27. The fourth-order valence-electron chi connectivity index (χ4n) is 3.70. The normalized spacial score (nSPS) is 20.0. The fraction of sp³-hybridized carbons (Fsp3) is 0.579. The van der Waals surface area contributed by atoms with Gasteiger partial charge in [-0.15, -0.1) is 0 Å². The molecule has 2 heterocycles. The minimum Gasteiger partial charge on any atom is -0.353 e. The summed E-state index contributed by atoms with van der Waals surface area (Å²) in [4.78, 5) is 19.4. The summed E-state index contributed by atoms with van der Waals surface area (Å²) >= 11 is 1.73. The largest absolute Gasteiger partial charge is 0.353 e. The Kier molecular flexibility index (Phi) is 4.44. The predicted molar refractivity (Wildman–Crippen MR) is 99.7 cm³/mol. The third-order valence-electron chi connectivity index (χ3n) is 5.26. The van der Waals surface area contributed by atoms with E-state index < -0.39 is 0 Å². The number of benzene rings is 1. The van der Waals surface area contributed by atoms with Crippen LogP contribution in [0.1, 0.15) is 44.1 Å². The van der Waals surface area contributed by atoms with Crippen LogP contribution in [0.4, 0.5) is 5.13 Å². The number of rotatable bonds is 3. The van der Waals surface area contributed by atoms with Gasteiger partial charge in [-0.1, -0.05) is 43.1 Å². The minimum atomic E-state index is 0.127. The van der Waals surface area contributed by atoms with Crippen molar-refractivity contribution >= 4 is 32.6 Å². The highest BCUT2D eigenvalue weighted by molar-refractivity contribution is 7.22. The molecule has 0 unspecified atom stereocenters. The average Bonchev–Trinajstić information content (AvgIpc) is 2.73. The van der Waals surface area contributed by atoms with Gasteiger partial charge in [0.15, 0.2) is 5.13 Å². The first-order chi connectivity index (χ1) is 11.7. The molecule has 2 fully saturated rings. The van der Waals surface area contributed by atoms with Gasteiger partial charge >= 0.3 is 0 Å². The number of hydrogen-bond donors (Lipinski definition) is 1. The Hall–Kier alpha value is -1.62. The van der Waals surface area contributed by atoms with Gasteiger partial charge in [-0.2, -0.15) is 0 Å². The summed E-state index contributed by atoms with van der Waals surface area (Å²) in [5.41, 5.74) is 2.33. The minimum absolute atomic E-state index is 0.127. The Bertz CT molecular complexity index is 727. The number of fused-ring (bicyclic) bond motifs is 1. The van der Waals surface area contributed by atoms with Crippen LogP contribution in [0.3, 0.4) is 0 Å². The summed E-state index contributed by atoms with van der Waals surface area (Å²) in [6.45, 7) is 3.71. The Morgan fingerprint density at radius 3 is 2.71 bits per heavy atom. The van der Waals surface area contributed by atoms with E-state index in [-0.39, 0.29) is 11.8 Å². The lowest BCUT2D eigenvalue weighted by atomic mass is 9.98. The van der Waals surface area contributed by atoms with Crippen LogP contribution in [-0.2, 0) is 4.79 Å². The maximum Gasteiger partial charge on any atom is 0.226 e. The summed E-state index contributed by atoms with van der Waals surface area (Å²) < 4.78 is 1.23. The van der Waals surface area contributed by atoms with Crippen molar-refractivity contribution in [1.29, 1.82) is 0 Å². The Labute approximate surface area is 147 Å². The average molecular weight is 343 g/mol. The van der Waals surface area contributed by atoms with Crippen LogP contribution in [0.25, 0.3) is 10.2 Å². The molecular weight excluding hydrogens is 318 g/mol. The molecule has 1 amide bonds. The third-order valence-corrected chi connectivity index (χ3v) is 6.34. The van der Waals surface area contributed by atoms with Crippen LogP contribution in [0, 0.1) is 12.8 Å². The highest BCUT2D eigenvalue weighted by Gasteiger charge is 2.35. The van der Waals surface area contributed by atoms with Gasteiger partial charge in [0.1, 0.15) is 0 Å². The molecule has 5 heteroatoms. The molecule has 1 N–H and O–H groups in total. The van der Waals surface area contributed by atoms with Crippen molar-refractivity contribution in [1.82, 2.24) is 10.3 Å². The Balaban J connectivity index is 1.34. The molecule has 1 saturated carbocycles. The highest BCUT2D eigenvalue weighted by atomic mass is 32.1. The molecule has 24 heavy (non-hydrogen) atoms. The van der Waals surface area contributed by atoms with Crippen molar-refractivity contribution in [2.75, 3.05) is 18.0 Å². The van der Waals surface area contributed by atoms with E-state index in [2.05, 4.69) is 35.3 Å². The zero-order valence-corrected chi connectivity index (χ0v) is 15.1. The molecule has 4 nitrogen and oxygen atoms in total. The van der Waals surface area contributed by atoms with E-state index >= 15 is 0 Å². The lowest BCUT2D eigenvalue weighted by Crippen LogP contribution is -2.55. The van der Waals surface area contributed by atoms with E-state index in [9.17, 15) is 4.79 Å². The van der Waals surface area contributed by atoms with Crippen LogP contribution < -0.4 is 10.2 Å². The van der Waals surface area contributed by atoms with Gasteiger partial charge in [-0.25, -0.2) is 4.98 Å². The molecule has 2 aromatic rings. The monoisotopic (exact) mass is 343 g/mol. The van der Waals surface area contributed by atoms with Crippen molar-refractivity contribution in [2.45, 2.75) is 51.5 Å². The molecule has 1 saturated heterocycles. The molecule has 0 atom stereocenters. The molecule has 0 radical (unpaired) electrons. The van der Waals surface area contributed by atoms with Crippen LogP contribution in [0.15, 0.2) is 18.2 Å². The van der Waals surface area contributed by atoms with Gasteiger partial charge < -0.3 is 10.2 Å². The second-order valence-corrected chi connectivity index (χ2v) is 8.28. The molecule has 128 valence electrons. The number of hydrogen-bond acceptors (Lipinski definition) is 4. The van der Waals surface area contributed by atoms with Crippen molar-refractivity contribution in [3.8, 4) is 0 Å². The number of nitrogens with zero attached hydrogens (tertiary/aromatic N) is 2. The SMILES string of the molecule is Cc1ccc2nc(N3CC(C(=O)NC4CCCCCC4)C3)sc2c1. The molecule has 1 aromatic carbocycles. The predicted octanol–water partition coefficient (Wildman–Crippen LogP) is 3.88. The maximum atomic E-state index is 12.4. The number of carbonyl (C=O) groups excluding carboxylic acids is 1. The van der Waals surface area contributed by atoms with Gasteiger partial charge in [0, 0.05) is 19.1 Å². The second-order valence-electron chi connectivity index (χ2n) is 7.27. The zero-order chi connectivity index (χ0) is 16.5. The topological polar surface area (TPSA) is 45.2 Å². The van der Waals surface area contributed by atoms with Gasteiger partial charge in [0.2, 0.25) is 5.91 Å². The van der Waals surface area contributed by atoms with Gasteiger partial charge in [0.05, 0.1) is 16.1 Å². The Morgan fingerprint density at radius 2 is 1.96 bits per heavy atom.